The normalized spacial score (nSPS) is 13.0. The van der Waals surface area contributed by atoms with E-state index in [0.717, 1.165) is 18.7 Å². The molecule has 1 aliphatic heterocycles. The van der Waals surface area contributed by atoms with Gasteiger partial charge in [-0.25, -0.2) is 0 Å². The zero-order valence-corrected chi connectivity index (χ0v) is 14.1. The Balaban J connectivity index is 1.64. The van der Waals surface area contributed by atoms with Crippen molar-refractivity contribution in [2.75, 3.05) is 16.8 Å². The third kappa shape index (κ3) is 2.77. The second kappa shape index (κ2) is 6.26. The monoisotopic (exact) mass is 357 g/mol. The molecule has 0 radical (unpaired) electrons. The lowest BCUT2D eigenvalue weighted by Crippen LogP contribution is -2.17. The Hall–Kier alpha value is -2.37. The van der Waals surface area contributed by atoms with E-state index >= 15 is 0 Å². The van der Waals surface area contributed by atoms with E-state index < -0.39 is 0 Å². The number of fused-ring (bicyclic) bond motifs is 1. The standard InChI is InChI=1S/C17H13Cl2N5/c18-12-5-3-6-13(16(12)19)21-15-10-20-23-17(22-15)24-9-8-11-4-1-2-7-14(11)24/h1-7,10H,8-9H2,(H,21,22,23). The molecule has 120 valence electrons. The molecule has 5 nitrogen and oxygen atoms in total. The molecule has 0 spiro atoms. The fourth-order valence-electron chi connectivity index (χ4n) is 2.75. The van der Waals surface area contributed by atoms with Crippen LogP contribution in [0.3, 0.4) is 0 Å². The second-order valence-electron chi connectivity index (χ2n) is 5.40. The van der Waals surface area contributed by atoms with Crippen molar-refractivity contribution in [2.24, 2.45) is 0 Å². The molecule has 0 bridgehead atoms. The molecule has 0 unspecified atom stereocenters. The highest BCUT2D eigenvalue weighted by molar-refractivity contribution is 6.43. The van der Waals surface area contributed by atoms with Crippen molar-refractivity contribution in [3.05, 3.63) is 64.3 Å². The van der Waals surface area contributed by atoms with E-state index in [1.165, 1.54) is 5.56 Å². The summed E-state index contributed by atoms with van der Waals surface area (Å²) >= 11 is 12.3. The summed E-state index contributed by atoms with van der Waals surface area (Å²) in [6.07, 6.45) is 2.53. The zero-order valence-electron chi connectivity index (χ0n) is 12.6. The Morgan fingerprint density at radius 3 is 2.83 bits per heavy atom. The fourth-order valence-corrected chi connectivity index (χ4v) is 3.10. The van der Waals surface area contributed by atoms with Crippen molar-refractivity contribution in [1.29, 1.82) is 0 Å². The number of benzene rings is 2. The van der Waals surface area contributed by atoms with E-state index in [9.17, 15) is 0 Å². The molecule has 2 aromatic carbocycles. The van der Waals surface area contributed by atoms with Crippen LogP contribution in [0.4, 0.5) is 23.1 Å². The molecule has 0 amide bonds. The first kappa shape index (κ1) is 15.2. The number of rotatable bonds is 3. The molecule has 1 aliphatic rings. The number of anilines is 4. The van der Waals surface area contributed by atoms with Gasteiger partial charge in [0, 0.05) is 12.2 Å². The predicted molar refractivity (Wildman–Crippen MR) is 96.7 cm³/mol. The van der Waals surface area contributed by atoms with Crippen LogP contribution in [0.15, 0.2) is 48.7 Å². The number of aromatic nitrogens is 3. The summed E-state index contributed by atoms with van der Waals surface area (Å²) in [5.74, 6) is 1.12. The van der Waals surface area contributed by atoms with Crippen LogP contribution < -0.4 is 10.2 Å². The van der Waals surface area contributed by atoms with Gasteiger partial charge in [-0.1, -0.05) is 47.5 Å². The maximum absolute atomic E-state index is 6.21. The van der Waals surface area contributed by atoms with Gasteiger partial charge in [-0.15, -0.1) is 5.10 Å². The molecule has 2 heterocycles. The van der Waals surface area contributed by atoms with Crippen LogP contribution in [0, 0.1) is 0 Å². The van der Waals surface area contributed by atoms with Gasteiger partial charge >= 0.3 is 0 Å². The molecule has 3 aromatic rings. The summed E-state index contributed by atoms with van der Waals surface area (Å²) in [7, 11) is 0. The van der Waals surface area contributed by atoms with Crippen LogP contribution in [0.1, 0.15) is 5.56 Å². The number of para-hydroxylation sites is 1. The van der Waals surface area contributed by atoms with E-state index in [-0.39, 0.29) is 0 Å². The maximum Gasteiger partial charge on any atom is 0.251 e. The Kier molecular flexibility index (Phi) is 3.96. The van der Waals surface area contributed by atoms with Crippen molar-refractivity contribution in [3.8, 4) is 0 Å². The van der Waals surface area contributed by atoms with Gasteiger partial charge in [-0.3, -0.25) is 0 Å². The van der Waals surface area contributed by atoms with Crippen LogP contribution in [-0.4, -0.2) is 21.7 Å². The summed E-state index contributed by atoms with van der Waals surface area (Å²) in [4.78, 5) is 6.62. The lowest BCUT2D eigenvalue weighted by molar-refractivity contribution is 0.887. The van der Waals surface area contributed by atoms with E-state index in [4.69, 9.17) is 23.2 Å². The molecule has 0 aliphatic carbocycles. The first-order chi connectivity index (χ1) is 11.7. The molecule has 4 rings (SSSR count). The van der Waals surface area contributed by atoms with Gasteiger partial charge in [-0.2, -0.15) is 10.1 Å². The molecule has 0 fully saturated rings. The summed E-state index contributed by atoms with van der Waals surface area (Å²) in [5.41, 5.74) is 3.09. The maximum atomic E-state index is 6.21. The highest BCUT2D eigenvalue weighted by atomic mass is 35.5. The fraction of sp³-hybridized carbons (Fsp3) is 0.118. The largest absolute Gasteiger partial charge is 0.338 e. The Labute approximate surface area is 149 Å². The number of halogens is 2. The van der Waals surface area contributed by atoms with Crippen molar-refractivity contribution >= 4 is 46.3 Å². The highest BCUT2D eigenvalue weighted by Crippen LogP contribution is 2.34. The smallest absolute Gasteiger partial charge is 0.251 e. The van der Waals surface area contributed by atoms with Crippen molar-refractivity contribution < 1.29 is 0 Å². The van der Waals surface area contributed by atoms with Gasteiger partial charge in [0.25, 0.3) is 5.95 Å². The summed E-state index contributed by atoms with van der Waals surface area (Å²) in [6, 6.07) is 13.6. The van der Waals surface area contributed by atoms with Crippen LogP contribution >= 0.6 is 23.2 Å². The molecule has 1 N–H and O–H groups in total. The SMILES string of the molecule is Clc1cccc(Nc2cnnc(N3CCc4ccccc43)n2)c1Cl. The predicted octanol–water partition coefficient (Wildman–Crippen LogP) is 4.62. The number of nitrogens with zero attached hydrogens (tertiary/aromatic N) is 4. The lowest BCUT2D eigenvalue weighted by atomic mass is 10.2. The molecule has 24 heavy (non-hydrogen) atoms. The van der Waals surface area contributed by atoms with Gasteiger partial charge < -0.3 is 10.2 Å². The minimum absolute atomic E-state index is 0.450. The topological polar surface area (TPSA) is 53.9 Å². The Morgan fingerprint density at radius 1 is 1.04 bits per heavy atom. The average molecular weight is 358 g/mol. The number of nitrogens with one attached hydrogen (secondary N) is 1. The lowest BCUT2D eigenvalue weighted by Gasteiger charge is -2.17. The summed E-state index contributed by atoms with van der Waals surface area (Å²) < 4.78 is 0. The molecular weight excluding hydrogens is 345 g/mol. The molecule has 0 saturated carbocycles. The van der Waals surface area contributed by atoms with Gasteiger partial charge in [0.1, 0.15) is 0 Å². The van der Waals surface area contributed by atoms with E-state index in [0.29, 0.717) is 27.5 Å². The van der Waals surface area contributed by atoms with Crippen molar-refractivity contribution in [1.82, 2.24) is 15.2 Å². The van der Waals surface area contributed by atoms with Gasteiger partial charge in [0.15, 0.2) is 5.82 Å². The van der Waals surface area contributed by atoms with Crippen LogP contribution in [0.5, 0.6) is 0 Å². The summed E-state index contributed by atoms with van der Waals surface area (Å²) in [5, 5.41) is 12.3. The minimum Gasteiger partial charge on any atom is -0.338 e. The summed E-state index contributed by atoms with van der Waals surface area (Å²) in [6.45, 7) is 0.836. The van der Waals surface area contributed by atoms with Crippen LogP contribution in [0.2, 0.25) is 10.0 Å². The Morgan fingerprint density at radius 2 is 1.92 bits per heavy atom. The van der Waals surface area contributed by atoms with E-state index in [1.807, 2.05) is 24.3 Å². The van der Waals surface area contributed by atoms with Gasteiger partial charge in [0.2, 0.25) is 0 Å². The minimum atomic E-state index is 0.450. The number of hydrogen-bond donors (Lipinski definition) is 1. The van der Waals surface area contributed by atoms with Crippen LogP contribution in [-0.2, 0) is 6.42 Å². The zero-order chi connectivity index (χ0) is 16.5. The van der Waals surface area contributed by atoms with Crippen LogP contribution in [0.25, 0.3) is 0 Å². The number of hydrogen-bond acceptors (Lipinski definition) is 5. The van der Waals surface area contributed by atoms with E-state index in [1.54, 1.807) is 12.3 Å². The molecule has 0 atom stereocenters. The van der Waals surface area contributed by atoms with Crippen molar-refractivity contribution in [3.63, 3.8) is 0 Å². The quantitative estimate of drug-likeness (QED) is 0.741. The molecular formula is C17H13Cl2N5. The second-order valence-corrected chi connectivity index (χ2v) is 6.18. The van der Waals surface area contributed by atoms with Crippen molar-refractivity contribution in [2.45, 2.75) is 6.42 Å². The third-order valence-corrected chi connectivity index (χ3v) is 4.71. The average Bonchev–Trinajstić information content (AvgIpc) is 3.03. The van der Waals surface area contributed by atoms with Gasteiger partial charge in [0.05, 0.1) is 21.9 Å². The molecule has 0 saturated heterocycles. The van der Waals surface area contributed by atoms with Gasteiger partial charge in [-0.05, 0) is 30.2 Å². The highest BCUT2D eigenvalue weighted by Gasteiger charge is 2.22. The first-order valence-corrected chi connectivity index (χ1v) is 8.24. The first-order valence-electron chi connectivity index (χ1n) is 7.48. The molecule has 7 heteroatoms. The Bertz CT molecular complexity index is 900. The van der Waals surface area contributed by atoms with E-state index in [2.05, 4.69) is 37.5 Å². The third-order valence-electron chi connectivity index (χ3n) is 3.89. The molecule has 1 aromatic heterocycles.